The molecule has 1 nitrogen and oxygen atoms in total. The third-order valence-corrected chi connectivity index (χ3v) is 2.07. The van der Waals surface area contributed by atoms with Crippen LogP contribution in [-0.4, -0.2) is 31.2 Å². The van der Waals surface area contributed by atoms with Crippen molar-refractivity contribution in [3.63, 3.8) is 0 Å². The molecule has 2 atom stereocenters. The zero-order chi connectivity index (χ0) is 6.85. The van der Waals surface area contributed by atoms with Crippen LogP contribution in [-0.2, 0) is 0 Å². The molecule has 0 aromatic heterocycles. The Bertz CT molecular complexity index is 94.9. The van der Waals surface area contributed by atoms with Gasteiger partial charge in [-0.3, -0.25) is 0 Å². The van der Waals surface area contributed by atoms with Gasteiger partial charge in [0.15, 0.2) is 0 Å². The molecule has 1 rings (SSSR count). The van der Waals surface area contributed by atoms with Gasteiger partial charge in [-0.15, -0.1) is 0 Å². The first-order valence-corrected chi connectivity index (χ1v) is 3.53. The summed E-state index contributed by atoms with van der Waals surface area (Å²) in [5.74, 6) is 0.279. The van der Waals surface area contributed by atoms with Gasteiger partial charge in [-0.25, -0.2) is 4.39 Å². The van der Waals surface area contributed by atoms with Crippen molar-refractivity contribution in [2.45, 2.75) is 19.5 Å². The van der Waals surface area contributed by atoms with Gasteiger partial charge in [-0.2, -0.15) is 0 Å². The number of likely N-dealkylation sites (tertiary alicyclic amines) is 1. The lowest BCUT2D eigenvalue weighted by Gasteiger charge is -2.29. The second kappa shape index (κ2) is 2.65. The summed E-state index contributed by atoms with van der Waals surface area (Å²) in [6, 6.07) is 0. The van der Waals surface area contributed by atoms with Crippen LogP contribution in [0, 0.1) is 5.92 Å². The molecule has 9 heavy (non-hydrogen) atoms. The molecule has 1 aliphatic rings. The van der Waals surface area contributed by atoms with Crippen molar-refractivity contribution in [1.29, 1.82) is 0 Å². The average molecular weight is 131 g/mol. The summed E-state index contributed by atoms with van der Waals surface area (Å²) in [6.45, 7) is 3.67. The van der Waals surface area contributed by atoms with E-state index in [1.165, 1.54) is 0 Å². The Morgan fingerprint density at radius 1 is 1.56 bits per heavy atom. The molecule has 0 saturated carbocycles. The van der Waals surface area contributed by atoms with E-state index in [-0.39, 0.29) is 5.92 Å². The van der Waals surface area contributed by atoms with Gasteiger partial charge in [-0.1, -0.05) is 6.92 Å². The van der Waals surface area contributed by atoms with Gasteiger partial charge in [0.1, 0.15) is 6.17 Å². The van der Waals surface area contributed by atoms with E-state index in [0.717, 1.165) is 13.0 Å². The normalized spacial score (nSPS) is 39.0. The topological polar surface area (TPSA) is 3.24 Å². The van der Waals surface area contributed by atoms with E-state index in [2.05, 4.69) is 0 Å². The Hall–Kier alpha value is -0.110. The number of alkyl halides is 1. The molecule has 1 saturated heterocycles. The summed E-state index contributed by atoms with van der Waals surface area (Å²) in [5, 5.41) is 0. The van der Waals surface area contributed by atoms with Gasteiger partial charge in [0.05, 0.1) is 0 Å². The standard InChI is InChI=1S/C7H14FN/c1-6-3-4-9(2)5-7(6)8/h6-7H,3-5H2,1-2H3/t6-,7+/m1/s1. The number of hydrogen-bond acceptors (Lipinski definition) is 1. The van der Waals surface area contributed by atoms with Crippen molar-refractivity contribution in [1.82, 2.24) is 4.90 Å². The Labute approximate surface area is 55.8 Å². The van der Waals surface area contributed by atoms with Crippen LogP contribution in [0.5, 0.6) is 0 Å². The third kappa shape index (κ3) is 1.65. The number of rotatable bonds is 0. The maximum Gasteiger partial charge on any atom is 0.115 e. The van der Waals surface area contributed by atoms with Gasteiger partial charge in [0, 0.05) is 6.54 Å². The summed E-state index contributed by atoms with van der Waals surface area (Å²) in [4.78, 5) is 2.05. The van der Waals surface area contributed by atoms with Gasteiger partial charge in [0.2, 0.25) is 0 Å². The van der Waals surface area contributed by atoms with E-state index in [0.29, 0.717) is 6.54 Å². The molecule has 0 unspecified atom stereocenters. The van der Waals surface area contributed by atoms with Crippen LogP contribution < -0.4 is 0 Å². The lowest BCUT2D eigenvalue weighted by atomic mass is 9.98. The zero-order valence-electron chi connectivity index (χ0n) is 6.10. The quantitative estimate of drug-likeness (QED) is 0.479. The molecule has 2 heteroatoms. The molecule has 0 amide bonds. The zero-order valence-corrected chi connectivity index (χ0v) is 6.10. The molecule has 0 N–H and O–H groups in total. The highest BCUT2D eigenvalue weighted by Crippen LogP contribution is 2.17. The summed E-state index contributed by atoms with van der Waals surface area (Å²) in [5.41, 5.74) is 0. The molecule has 0 spiro atoms. The maximum atomic E-state index is 12.8. The van der Waals surface area contributed by atoms with Gasteiger partial charge >= 0.3 is 0 Å². The average Bonchev–Trinajstić information content (AvgIpc) is 1.80. The minimum absolute atomic E-state index is 0.279. The fourth-order valence-corrected chi connectivity index (χ4v) is 1.17. The van der Waals surface area contributed by atoms with Crippen molar-refractivity contribution >= 4 is 0 Å². The first kappa shape index (κ1) is 7.00. The molecule has 0 aromatic rings. The molecular formula is C7H14FN. The lowest BCUT2D eigenvalue weighted by molar-refractivity contribution is 0.112. The second-order valence-corrected chi connectivity index (χ2v) is 3.04. The van der Waals surface area contributed by atoms with Crippen LogP contribution in [0.15, 0.2) is 0 Å². The number of hydrogen-bond donors (Lipinski definition) is 0. The summed E-state index contributed by atoms with van der Waals surface area (Å²) < 4.78 is 12.8. The van der Waals surface area contributed by atoms with Crippen molar-refractivity contribution in [2.24, 2.45) is 5.92 Å². The second-order valence-electron chi connectivity index (χ2n) is 3.04. The first-order valence-electron chi connectivity index (χ1n) is 3.53. The van der Waals surface area contributed by atoms with Crippen molar-refractivity contribution in [2.75, 3.05) is 20.1 Å². The molecule has 1 fully saturated rings. The van der Waals surface area contributed by atoms with E-state index >= 15 is 0 Å². The lowest BCUT2D eigenvalue weighted by Crippen LogP contribution is -2.38. The Morgan fingerprint density at radius 2 is 2.22 bits per heavy atom. The third-order valence-electron chi connectivity index (χ3n) is 2.07. The van der Waals surface area contributed by atoms with Gasteiger partial charge in [0.25, 0.3) is 0 Å². The van der Waals surface area contributed by atoms with E-state index in [4.69, 9.17) is 0 Å². The monoisotopic (exact) mass is 131 g/mol. The fraction of sp³-hybridized carbons (Fsp3) is 1.00. The predicted octanol–water partition coefficient (Wildman–Crippen LogP) is 1.30. The van der Waals surface area contributed by atoms with Crippen LogP contribution in [0.1, 0.15) is 13.3 Å². The van der Waals surface area contributed by atoms with Crippen molar-refractivity contribution in [3.05, 3.63) is 0 Å². The van der Waals surface area contributed by atoms with E-state index in [1.54, 1.807) is 0 Å². The van der Waals surface area contributed by atoms with E-state index < -0.39 is 6.17 Å². The van der Waals surface area contributed by atoms with Crippen LogP contribution in [0.25, 0.3) is 0 Å². The van der Waals surface area contributed by atoms with Crippen molar-refractivity contribution in [3.8, 4) is 0 Å². The van der Waals surface area contributed by atoms with Crippen molar-refractivity contribution < 1.29 is 4.39 Å². The molecular weight excluding hydrogens is 117 g/mol. The highest BCUT2D eigenvalue weighted by atomic mass is 19.1. The highest BCUT2D eigenvalue weighted by molar-refractivity contribution is 4.74. The molecule has 54 valence electrons. The molecule has 1 heterocycles. The Morgan fingerprint density at radius 3 is 2.67 bits per heavy atom. The van der Waals surface area contributed by atoms with Gasteiger partial charge in [-0.05, 0) is 25.9 Å². The molecule has 1 aliphatic heterocycles. The highest BCUT2D eigenvalue weighted by Gasteiger charge is 2.22. The minimum atomic E-state index is -0.594. The molecule has 0 bridgehead atoms. The van der Waals surface area contributed by atoms with E-state index in [9.17, 15) is 4.39 Å². The summed E-state index contributed by atoms with van der Waals surface area (Å²) >= 11 is 0. The Balaban J connectivity index is 2.35. The minimum Gasteiger partial charge on any atom is -0.303 e. The predicted molar refractivity (Wildman–Crippen MR) is 36.2 cm³/mol. The largest absolute Gasteiger partial charge is 0.303 e. The summed E-state index contributed by atoms with van der Waals surface area (Å²) in [7, 11) is 1.97. The fourth-order valence-electron chi connectivity index (χ4n) is 1.17. The number of piperidine rings is 1. The SMILES string of the molecule is C[C@@H]1CCN(C)C[C@@H]1F. The number of nitrogens with zero attached hydrogens (tertiary/aromatic N) is 1. The maximum absolute atomic E-state index is 12.8. The van der Waals surface area contributed by atoms with Crippen LogP contribution >= 0.6 is 0 Å². The number of halogens is 1. The molecule has 0 radical (unpaired) electrons. The van der Waals surface area contributed by atoms with Gasteiger partial charge < -0.3 is 4.90 Å². The summed E-state index contributed by atoms with van der Waals surface area (Å²) in [6.07, 6.45) is 0.418. The smallest absolute Gasteiger partial charge is 0.115 e. The van der Waals surface area contributed by atoms with Crippen LogP contribution in [0.2, 0.25) is 0 Å². The van der Waals surface area contributed by atoms with E-state index in [1.807, 2.05) is 18.9 Å². The van der Waals surface area contributed by atoms with Crippen LogP contribution in [0.3, 0.4) is 0 Å². The first-order chi connectivity index (χ1) is 4.20. The molecule has 0 aliphatic carbocycles. The Kier molecular flexibility index (Phi) is 2.06. The molecule has 0 aromatic carbocycles. The van der Waals surface area contributed by atoms with Crippen LogP contribution in [0.4, 0.5) is 4.39 Å².